The molecule has 5 atom stereocenters. The molecule has 3 saturated heterocycles. The average molecular weight is 772 g/mol. The van der Waals surface area contributed by atoms with Gasteiger partial charge in [-0.2, -0.15) is 9.97 Å². The first kappa shape index (κ1) is 38.0. The van der Waals surface area contributed by atoms with Crippen molar-refractivity contribution in [3.05, 3.63) is 47.7 Å². The number of phenols is 1. The summed E-state index contributed by atoms with van der Waals surface area (Å²) in [5.74, 6) is 2.65. The molecule has 2 aromatic carbocycles. The number of fused-ring (bicyclic) bond motifs is 5. The van der Waals surface area contributed by atoms with Gasteiger partial charge in [0.2, 0.25) is 0 Å². The molecule has 8 rings (SSSR count). The smallest absolute Gasteiger partial charge is 0.319 e. The van der Waals surface area contributed by atoms with Crippen molar-refractivity contribution >= 4 is 35.6 Å². The molecule has 2 N–H and O–H groups in total. The Hall–Kier alpha value is -3.92. The number of piperidine rings is 1. The van der Waals surface area contributed by atoms with Crippen molar-refractivity contribution in [2.75, 3.05) is 37.7 Å². The molecule has 292 valence electrons. The molecule has 12 heteroatoms. The van der Waals surface area contributed by atoms with Crippen LogP contribution >= 0.6 is 0 Å². The maximum atomic E-state index is 17.4. The number of rotatable bonds is 8. The summed E-state index contributed by atoms with van der Waals surface area (Å²) in [6.45, 7) is 15.7. The Labute approximate surface area is 322 Å². The van der Waals surface area contributed by atoms with Crippen LogP contribution in [-0.4, -0.2) is 88.7 Å². The summed E-state index contributed by atoms with van der Waals surface area (Å²) < 4.78 is 54.4. The van der Waals surface area contributed by atoms with Crippen LogP contribution in [0.2, 0.25) is 16.6 Å². The van der Waals surface area contributed by atoms with E-state index in [0.717, 1.165) is 25.8 Å². The van der Waals surface area contributed by atoms with Crippen LogP contribution in [0.4, 0.5) is 19.0 Å². The molecule has 8 nitrogen and oxygen atoms in total. The van der Waals surface area contributed by atoms with Crippen molar-refractivity contribution in [2.45, 2.75) is 108 Å². The lowest BCUT2D eigenvalue weighted by molar-refractivity contribution is 0.107. The van der Waals surface area contributed by atoms with E-state index in [1.165, 1.54) is 24.4 Å². The van der Waals surface area contributed by atoms with Gasteiger partial charge in [0, 0.05) is 49.1 Å². The van der Waals surface area contributed by atoms with Crippen molar-refractivity contribution in [3.63, 3.8) is 0 Å². The van der Waals surface area contributed by atoms with E-state index in [4.69, 9.17) is 9.72 Å². The minimum absolute atomic E-state index is 0.0173. The molecule has 2 bridgehead atoms. The molecule has 55 heavy (non-hydrogen) atoms. The van der Waals surface area contributed by atoms with Crippen molar-refractivity contribution in [3.8, 4) is 34.5 Å². The van der Waals surface area contributed by atoms with Gasteiger partial charge >= 0.3 is 6.01 Å². The first-order valence-electron chi connectivity index (χ1n) is 20.0. The first-order chi connectivity index (χ1) is 26.2. The van der Waals surface area contributed by atoms with Crippen molar-refractivity contribution < 1.29 is 28.1 Å². The number of phenolic OH excluding ortho intramolecular Hbond substituents is 1. The van der Waals surface area contributed by atoms with Gasteiger partial charge in [-0.05, 0) is 78.4 Å². The van der Waals surface area contributed by atoms with Crippen LogP contribution in [-0.2, 0) is 0 Å². The van der Waals surface area contributed by atoms with Crippen molar-refractivity contribution in [1.29, 1.82) is 0 Å². The number of ether oxygens (including phenoxy) is 1. The maximum Gasteiger partial charge on any atom is 0.319 e. The molecule has 1 saturated carbocycles. The van der Waals surface area contributed by atoms with E-state index in [0.29, 0.717) is 71.1 Å². The number of nitrogens with zero attached hydrogens (tertiary/aromatic N) is 5. The largest absolute Gasteiger partial charge is 0.508 e. The highest BCUT2D eigenvalue weighted by Crippen LogP contribution is 2.45. The van der Waals surface area contributed by atoms with E-state index in [1.54, 1.807) is 6.07 Å². The van der Waals surface area contributed by atoms with Crippen LogP contribution in [0.15, 0.2) is 30.5 Å². The van der Waals surface area contributed by atoms with Crippen LogP contribution < -0.4 is 9.64 Å². The lowest BCUT2D eigenvalue weighted by Gasteiger charge is -2.38. The van der Waals surface area contributed by atoms with Gasteiger partial charge in [0.1, 0.15) is 49.4 Å². The monoisotopic (exact) mass is 771 g/mol. The Bertz CT molecular complexity index is 2180. The van der Waals surface area contributed by atoms with Gasteiger partial charge in [-0.3, -0.25) is 9.88 Å². The molecule has 4 fully saturated rings. The number of aromatic nitrogens is 3. The van der Waals surface area contributed by atoms with Crippen LogP contribution in [0.5, 0.6) is 11.8 Å². The van der Waals surface area contributed by atoms with E-state index in [9.17, 15) is 14.6 Å². The molecule has 1 aliphatic carbocycles. The van der Waals surface area contributed by atoms with E-state index in [1.807, 2.05) is 0 Å². The number of hydrogen-bond donors (Lipinski definition) is 2. The highest BCUT2D eigenvalue weighted by atomic mass is 28.3. The summed E-state index contributed by atoms with van der Waals surface area (Å²) in [7, 11) is -2.29. The lowest BCUT2D eigenvalue weighted by Crippen LogP contribution is -2.43. The van der Waals surface area contributed by atoms with Crippen LogP contribution in [0.3, 0.4) is 0 Å². The van der Waals surface area contributed by atoms with E-state index >= 15 is 8.78 Å². The Morgan fingerprint density at radius 3 is 2.51 bits per heavy atom. The Morgan fingerprint density at radius 1 is 1.02 bits per heavy atom. The van der Waals surface area contributed by atoms with Gasteiger partial charge in [0.05, 0.1) is 22.6 Å². The zero-order chi connectivity index (χ0) is 39.0. The minimum atomic E-state index is -2.29. The van der Waals surface area contributed by atoms with Gasteiger partial charge in [0.25, 0.3) is 0 Å². The Balaban J connectivity index is 1.29. The predicted molar refractivity (Wildman–Crippen MR) is 213 cm³/mol. The topological polar surface area (TPSA) is 94.8 Å². The predicted octanol–water partition coefficient (Wildman–Crippen LogP) is 8.56. The highest BCUT2D eigenvalue weighted by molar-refractivity contribution is 6.90. The number of benzene rings is 2. The fourth-order valence-electron chi connectivity index (χ4n) is 10.9. The first-order valence-corrected chi connectivity index (χ1v) is 22.2. The molecule has 5 heterocycles. The Morgan fingerprint density at radius 2 is 1.78 bits per heavy atom. The number of alkyl halides is 1. The molecular weight excluding hydrogens is 720 g/mol. The molecule has 3 aliphatic heterocycles. The number of halogens is 3. The van der Waals surface area contributed by atoms with Gasteiger partial charge in [-0.15, -0.1) is 5.54 Å². The van der Waals surface area contributed by atoms with Gasteiger partial charge < -0.3 is 19.8 Å². The molecule has 4 aromatic rings. The van der Waals surface area contributed by atoms with Gasteiger partial charge in [-0.1, -0.05) is 53.5 Å². The fourth-order valence-corrected chi connectivity index (χ4v) is 16.1. The fraction of sp³-hybridized carbons (Fsp3) is 0.558. The van der Waals surface area contributed by atoms with Crippen molar-refractivity contribution in [1.82, 2.24) is 19.9 Å². The third-order valence-electron chi connectivity index (χ3n) is 13.4. The number of pyridine rings is 1. The number of hydrogen-bond acceptors (Lipinski definition) is 8. The minimum Gasteiger partial charge on any atom is -0.508 e. The quantitative estimate of drug-likeness (QED) is 0.136. The highest BCUT2D eigenvalue weighted by Gasteiger charge is 2.49. The molecular formula is C43H52F3N5O3Si. The van der Waals surface area contributed by atoms with E-state index < -0.39 is 37.5 Å². The van der Waals surface area contributed by atoms with Crippen molar-refractivity contribution in [2.24, 2.45) is 11.8 Å². The summed E-state index contributed by atoms with van der Waals surface area (Å²) in [6.07, 6.45) is 3.93. The Kier molecular flexibility index (Phi) is 9.82. The van der Waals surface area contributed by atoms with Crippen LogP contribution in [0.25, 0.3) is 32.9 Å². The third-order valence-corrected chi connectivity index (χ3v) is 19.7. The number of aliphatic hydroxyl groups excluding tert-OH is 1. The molecule has 4 aliphatic rings. The average Bonchev–Trinajstić information content (AvgIpc) is 3.75. The van der Waals surface area contributed by atoms with Gasteiger partial charge in [0.15, 0.2) is 5.82 Å². The van der Waals surface area contributed by atoms with Crippen LogP contribution in [0.1, 0.15) is 79.2 Å². The van der Waals surface area contributed by atoms with Gasteiger partial charge in [-0.25, -0.2) is 13.2 Å². The zero-order valence-corrected chi connectivity index (χ0v) is 33.7. The maximum absolute atomic E-state index is 17.4. The molecule has 3 unspecified atom stereocenters. The second-order valence-electron chi connectivity index (χ2n) is 17.6. The molecule has 0 spiro atoms. The summed E-state index contributed by atoms with van der Waals surface area (Å²) >= 11 is 0. The second-order valence-corrected chi connectivity index (χ2v) is 23.2. The second kappa shape index (κ2) is 14.2. The molecule has 2 aromatic heterocycles. The standard InChI is InChI=1S/C43H52F3N5O3Si/c1-24(2)55(25(3)4,26(5)6)13-10-32-35(45)9-8-28-16-31(52)17-33(37(28)32)39-38(46)40-34(19-47-39)41(50-20-27-14-29(21-50)36(53)15-27)49-42(48-40)54-23-43-11-7-12-51(43)22-30(44)18-43/h8-9,16-17,19,24-27,29-30,36,52-53H,7,11-12,14-15,18,20-23H2,1-6H3/t27?,29?,30-,36?,43+/m1/s1. The summed E-state index contributed by atoms with van der Waals surface area (Å²) in [5, 5.41) is 22.9. The van der Waals surface area contributed by atoms with Crippen LogP contribution in [0, 0.1) is 34.9 Å². The summed E-state index contributed by atoms with van der Waals surface area (Å²) in [5.41, 5.74) is 4.32. The third kappa shape index (κ3) is 6.44. The summed E-state index contributed by atoms with van der Waals surface area (Å²) in [6, 6.07) is 5.83. The normalized spacial score (nSPS) is 25.4. The van der Waals surface area contributed by atoms with E-state index in [2.05, 4.69) is 72.8 Å². The lowest BCUT2D eigenvalue weighted by atomic mass is 9.95. The molecule has 0 radical (unpaired) electrons. The SMILES string of the molecule is CC(C)[Si](C#Cc1c(F)ccc2cc(O)cc(-c3ncc4c(N5CC6CC(O)C(C6)C5)nc(OC[C@@]56CCCN5C[C@H](F)C6)nc4c3F)c12)(C(C)C)C(C)C. The number of aromatic hydroxyl groups is 1. The number of aliphatic hydroxyl groups is 1. The number of anilines is 1. The van der Waals surface area contributed by atoms with E-state index in [-0.39, 0.29) is 52.5 Å². The summed E-state index contributed by atoms with van der Waals surface area (Å²) in [4.78, 5) is 18.4. The zero-order valence-electron chi connectivity index (χ0n) is 32.7. The molecule has 0 amide bonds.